The van der Waals surface area contributed by atoms with Gasteiger partial charge in [0.15, 0.2) is 0 Å². The van der Waals surface area contributed by atoms with Crippen molar-refractivity contribution in [2.45, 2.75) is 45.8 Å². The van der Waals surface area contributed by atoms with E-state index in [1.807, 2.05) is 11.6 Å². The van der Waals surface area contributed by atoms with Gasteiger partial charge in [0.1, 0.15) is 0 Å². The van der Waals surface area contributed by atoms with Gasteiger partial charge in [0.2, 0.25) is 0 Å². The molecule has 0 aliphatic heterocycles. The molecule has 2 unspecified atom stereocenters. The Bertz CT molecular complexity index is 495. The van der Waals surface area contributed by atoms with Gasteiger partial charge in [-0.3, -0.25) is 4.68 Å². The molecule has 2 rings (SSSR count). The molecule has 0 fully saturated rings. The molecule has 2 atom stereocenters. The van der Waals surface area contributed by atoms with Gasteiger partial charge in [-0.05, 0) is 38.0 Å². The van der Waals surface area contributed by atoms with E-state index in [0.717, 1.165) is 24.2 Å². The van der Waals surface area contributed by atoms with E-state index in [1.165, 1.54) is 0 Å². The van der Waals surface area contributed by atoms with Gasteiger partial charge in [-0.15, -0.1) is 0 Å². The van der Waals surface area contributed by atoms with Crippen molar-refractivity contribution in [2.24, 2.45) is 5.73 Å². The van der Waals surface area contributed by atoms with Crippen LogP contribution in [0.15, 0.2) is 30.7 Å². The molecule has 0 aliphatic carbocycles. The van der Waals surface area contributed by atoms with Crippen LogP contribution in [0.25, 0.3) is 0 Å². The number of nitrogens with zero attached hydrogens (tertiary/aromatic N) is 3. The van der Waals surface area contributed by atoms with Crippen molar-refractivity contribution in [1.29, 1.82) is 0 Å². The van der Waals surface area contributed by atoms with Gasteiger partial charge in [0.25, 0.3) is 0 Å². The highest BCUT2D eigenvalue weighted by Gasteiger charge is 2.06. The fraction of sp³-hybridized carbons (Fsp3) is 0.500. The normalized spacial score (nSPS) is 14.7. The van der Waals surface area contributed by atoms with E-state index in [4.69, 9.17) is 5.73 Å². The fourth-order valence-corrected chi connectivity index (χ4v) is 1.91. The van der Waals surface area contributed by atoms with Crippen LogP contribution in [0.4, 0.5) is 0 Å². The first-order valence-electron chi connectivity index (χ1n) is 6.55. The van der Waals surface area contributed by atoms with Gasteiger partial charge < -0.3 is 10.3 Å². The van der Waals surface area contributed by atoms with Crippen LogP contribution in [0.2, 0.25) is 0 Å². The lowest BCUT2D eigenvalue weighted by molar-refractivity contribution is 0.472. The topological polar surface area (TPSA) is 48.8 Å². The minimum absolute atomic E-state index is 0.0870. The molecule has 98 valence electrons. The van der Waals surface area contributed by atoms with Crippen molar-refractivity contribution < 1.29 is 0 Å². The van der Waals surface area contributed by atoms with E-state index < -0.39 is 0 Å². The van der Waals surface area contributed by atoms with Crippen LogP contribution < -0.4 is 5.73 Å². The molecule has 0 amide bonds. The van der Waals surface area contributed by atoms with Crippen molar-refractivity contribution in [3.63, 3.8) is 0 Å². The number of hydrogen-bond donors (Lipinski definition) is 1. The molecule has 4 nitrogen and oxygen atoms in total. The van der Waals surface area contributed by atoms with Crippen molar-refractivity contribution in [1.82, 2.24) is 14.3 Å². The predicted octanol–water partition coefficient (Wildman–Crippen LogP) is 2.72. The maximum absolute atomic E-state index is 5.85. The van der Waals surface area contributed by atoms with E-state index in [9.17, 15) is 0 Å². The molecular formula is C14H22N4. The molecule has 0 aliphatic rings. The lowest BCUT2D eigenvalue weighted by Crippen LogP contribution is -2.06. The molecule has 0 aromatic carbocycles. The predicted molar refractivity (Wildman–Crippen MR) is 73.4 cm³/mol. The van der Waals surface area contributed by atoms with Gasteiger partial charge in [0, 0.05) is 30.7 Å². The molecule has 2 aromatic rings. The molecular weight excluding hydrogens is 224 g/mol. The molecule has 0 radical (unpaired) electrons. The largest absolute Gasteiger partial charge is 0.348 e. The lowest BCUT2D eigenvalue weighted by Gasteiger charge is -2.08. The molecule has 0 spiro atoms. The highest BCUT2D eigenvalue weighted by atomic mass is 15.3. The highest BCUT2D eigenvalue weighted by Crippen LogP contribution is 2.13. The quantitative estimate of drug-likeness (QED) is 0.881. The van der Waals surface area contributed by atoms with Crippen LogP contribution in [-0.4, -0.2) is 14.3 Å². The van der Waals surface area contributed by atoms with Gasteiger partial charge in [-0.25, -0.2) is 0 Å². The maximum Gasteiger partial charge on any atom is 0.0821 e. The Kier molecular flexibility index (Phi) is 3.87. The summed E-state index contributed by atoms with van der Waals surface area (Å²) in [5.74, 6) is 0. The Hall–Kier alpha value is -1.55. The minimum atomic E-state index is 0.0870. The zero-order valence-corrected chi connectivity index (χ0v) is 11.4. The Morgan fingerprint density at radius 1 is 1.28 bits per heavy atom. The van der Waals surface area contributed by atoms with E-state index >= 15 is 0 Å². The summed E-state index contributed by atoms with van der Waals surface area (Å²) in [6, 6.07) is 4.69. The van der Waals surface area contributed by atoms with Crippen LogP contribution in [0.3, 0.4) is 0 Å². The second kappa shape index (κ2) is 5.40. The van der Waals surface area contributed by atoms with Crippen molar-refractivity contribution in [2.75, 3.05) is 0 Å². The van der Waals surface area contributed by atoms with Gasteiger partial charge >= 0.3 is 0 Å². The van der Waals surface area contributed by atoms with Crippen LogP contribution >= 0.6 is 0 Å². The molecule has 0 bridgehead atoms. The first-order valence-corrected chi connectivity index (χ1v) is 6.55. The Balaban J connectivity index is 2.06. The summed E-state index contributed by atoms with van der Waals surface area (Å²) in [5, 5.41) is 4.59. The summed E-state index contributed by atoms with van der Waals surface area (Å²) >= 11 is 0. The molecule has 2 heterocycles. The number of aromatic nitrogens is 3. The lowest BCUT2D eigenvalue weighted by atomic mass is 10.2. The summed E-state index contributed by atoms with van der Waals surface area (Å²) in [6.07, 6.45) is 7.30. The highest BCUT2D eigenvalue weighted by molar-refractivity contribution is 5.15. The number of hydrogen-bond acceptors (Lipinski definition) is 2. The number of rotatable bonds is 5. The van der Waals surface area contributed by atoms with E-state index in [2.05, 4.69) is 54.2 Å². The second-order valence-electron chi connectivity index (χ2n) is 4.95. The summed E-state index contributed by atoms with van der Waals surface area (Å²) in [5.41, 5.74) is 8.10. The molecule has 0 saturated carbocycles. The Morgan fingerprint density at radius 3 is 2.67 bits per heavy atom. The third-order valence-corrected chi connectivity index (χ3v) is 3.35. The minimum Gasteiger partial charge on any atom is -0.348 e. The van der Waals surface area contributed by atoms with Gasteiger partial charge in [-0.2, -0.15) is 5.10 Å². The Morgan fingerprint density at radius 2 is 2.06 bits per heavy atom. The summed E-state index contributed by atoms with van der Waals surface area (Å²) in [4.78, 5) is 0. The molecule has 18 heavy (non-hydrogen) atoms. The van der Waals surface area contributed by atoms with E-state index in [0.29, 0.717) is 6.04 Å². The van der Waals surface area contributed by atoms with Gasteiger partial charge in [-0.1, -0.05) is 6.92 Å². The van der Waals surface area contributed by atoms with E-state index in [1.54, 1.807) is 0 Å². The molecule has 2 aromatic heterocycles. The third kappa shape index (κ3) is 2.82. The Labute approximate surface area is 108 Å². The van der Waals surface area contributed by atoms with E-state index in [-0.39, 0.29) is 6.04 Å². The van der Waals surface area contributed by atoms with Gasteiger partial charge in [0.05, 0.1) is 12.2 Å². The third-order valence-electron chi connectivity index (χ3n) is 3.35. The standard InChI is InChI=1S/C14H22N4/c1-4-11(2)18-8-6-14(16-18)10-17-7-5-13(9-17)12(3)15/h5-9,11-12H,4,10,15H2,1-3H3. The van der Waals surface area contributed by atoms with Crippen LogP contribution in [0.5, 0.6) is 0 Å². The number of nitrogens with two attached hydrogens (primary N) is 1. The maximum atomic E-state index is 5.85. The monoisotopic (exact) mass is 246 g/mol. The zero-order chi connectivity index (χ0) is 13.1. The van der Waals surface area contributed by atoms with Crippen molar-refractivity contribution >= 4 is 0 Å². The first-order chi connectivity index (χ1) is 8.60. The smallest absolute Gasteiger partial charge is 0.0821 e. The molecule has 4 heteroatoms. The van der Waals surface area contributed by atoms with Crippen LogP contribution in [0, 0.1) is 0 Å². The summed E-state index contributed by atoms with van der Waals surface area (Å²) in [7, 11) is 0. The molecule has 0 saturated heterocycles. The van der Waals surface area contributed by atoms with Crippen LogP contribution in [-0.2, 0) is 6.54 Å². The average Bonchev–Trinajstić information content (AvgIpc) is 2.98. The van der Waals surface area contributed by atoms with Crippen LogP contribution in [0.1, 0.15) is 50.5 Å². The van der Waals surface area contributed by atoms with Crippen molar-refractivity contribution in [3.8, 4) is 0 Å². The second-order valence-corrected chi connectivity index (χ2v) is 4.95. The summed E-state index contributed by atoms with van der Waals surface area (Å²) < 4.78 is 4.16. The van der Waals surface area contributed by atoms with Crippen molar-refractivity contribution in [3.05, 3.63) is 42.0 Å². The first kappa shape index (κ1) is 12.9. The zero-order valence-electron chi connectivity index (χ0n) is 11.4. The SMILES string of the molecule is CCC(C)n1ccc(Cn2ccc(C(C)N)c2)n1. The summed E-state index contributed by atoms with van der Waals surface area (Å²) in [6.45, 7) is 7.15. The fourth-order valence-electron chi connectivity index (χ4n) is 1.91. The molecule has 2 N–H and O–H groups in total. The average molecular weight is 246 g/mol.